The van der Waals surface area contributed by atoms with E-state index in [0.717, 1.165) is 49.8 Å². The van der Waals surface area contributed by atoms with Gasteiger partial charge in [-0.1, -0.05) is 70.8 Å². The van der Waals surface area contributed by atoms with Crippen LogP contribution in [0.15, 0.2) is 47.5 Å². The number of aliphatic hydroxyl groups is 1. The summed E-state index contributed by atoms with van der Waals surface area (Å²) >= 11 is 0. The first-order chi connectivity index (χ1) is 23.7. The normalized spacial score (nSPS) is 24.0. The van der Waals surface area contributed by atoms with Crippen LogP contribution in [0.3, 0.4) is 0 Å². The fraction of sp³-hybridized carbons (Fsp3) is 0.595. The van der Waals surface area contributed by atoms with E-state index < -0.39 is 12.2 Å². The van der Waals surface area contributed by atoms with Crippen molar-refractivity contribution in [2.75, 3.05) is 31.8 Å². The number of nitrogens with one attached hydrogen (secondary N) is 1. The van der Waals surface area contributed by atoms with Gasteiger partial charge in [0.2, 0.25) is 5.91 Å². The van der Waals surface area contributed by atoms with E-state index in [4.69, 9.17) is 15.2 Å². The highest BCUT2D eigenvalue weighted by Gasteiger charge is 2.30. The molecule has 2 heterocycles. The first-order valence-corrected chi connectivity index (χ1v) is 20.0. The zero-order valence-corrected chi connectivity index (χ0v) is 30.6. The first kappa shape index (κ1) is 38.7. The number of guanidine groups is 1. The topological polar surface area (TPSA) is 147 Å². The molecular weight excluding hydrogens is 661 g/mol. The van der Waals surface area contributed by atoms with E-state index in [1.807, 2.05) is 22.9 Å². The smallest absolute Gasteiger partial charge is 0.302 e. The van der Waals surface area contributed by atoms with Crippen LogP contribution in [0.5, 0.6) is 11.5 Å². The third-order valence-electron chi connectivity index (χ3n) is 9.33. The number of hydrogen-bond donors (Lipinski definition) is 4. The molecule has 2 aromatic carbocycles. The molecule has 4 bridgehead atoms. The number of carbonyl (C=O) groups is 2. The van der Waals surface area contributed by atoms with Crippen LogP contribution in [-0.4, -0.2) is 77.0 Å². The van der Waals surface area contributed by atoms with Crippen LogP contribution >= 0.6 is 21.6 Å². The van der Waals surface area contributed by atoms with Crippen molar-refractivity contribution in [1.82, 2.24) is 10.2 Å². The molecule has 1 amide bonds. The minimum absolute atomic E-state index is 0.0200. The summed E-state index contributed by atoms with van der Waals surface area (Å²) in [6.07, 6.45) is 7.44. The minimum atomic E-state index is -0.577. The third-order valence-corrected chi connectivity index (χ3v) is 11.6. The van der Waals surface area contributed by atoms with Crippen molar-refractivity contribution in [3.8, 4) is 11.5 Å². The van der Waals surface area contributed by atoms with Gasteiger partial charge < -0.3 is 35.6 Å². The highest BCUT2D eigenvalue weighted by atomic mass is 33.1. The van der Waals surface area contributed by atoms with Gasteiger partial charge in [0.15, 0.2) is 17.5 Å². The molecule has 4 atom stereocenters. The quantitative estimate of drug-likeness (QED) is 0.221. The molecule has 5 N–H and O–H groups in total. The van der Waals surface area contributed by atoms with Crippen molar-refractivity contribution in [3.63, 3.8) is 0 Å². The molecule has 12 heteroatoms. The van der Waals surface area contributed by atoms with Gasteiger partial charge in [-0.15, -0.1) is 0 Å². The molecule has 1 saturated heterocycles. The fourth-order valence-corrected chi connectivity index (χ4v) is 8.78. The van der Waals surface area contributed by atoms with E-state index in [9.17, 15) is 19.8 Å². The van der Waals surface area contributed by atoms with E-state index in [2.05, 4.69) is 34.6 Å². The summed E-state index contributed by atoms with van der Waals surface area (Å²) in [4.78, 5) is 31.2. The van der Waals surface area contributed by atoms with Crippen LogP contribution in [0.1, 0.15) is 81.4 Å². The van der Waals surface area contributed by atoms with Crippen molar-refractivity contribution in [2.24, 2.45) is 22.6 Å². The number of aliphatic hydroxyl groups excluding tert-OH is 1. The number of phenolic OH excluding ortho intramolecular Hbond substituents is 1. The number of aliphatic imine (C=N–C) groups is 1. The number of esters is 1. The Morgan fingerprint density at radius 2 is 1.92 bits per heavy atom. The minimum Gasteiger partial charge on any atom is -0.504 e. The van der Waals surface area contributed by atoms with Gasteiger partial charge in [-0.2, -0.15) is 0 Å². The number of amides is 1. The van der Waals surface area contributed by atoms with E-state index in [-0.39, 0.29) is 30.1 Å². The monoisotopic (exact) mass is 714 g/mol. The fourth-order valence-electron chi connectivity index (χ4n) is 6.64. The lowest BCUT2D eigenvalue weighted by molar-refractivity contribution is -0.148. The molecule has 0 saturated carbocycles. The lowest BCUT2D eigenvalue weighted by atomic mass is 9.94. The maximum Gasteiger partial charge on any atom is 0.302 e. The Hall–Kier alpha value is -3.09. The van der Waals surface area contributed by atoms with E-state index in [1.165, 1.54) is 19.6 Å². The van der Waals surface area contributed by atoms with Crippen LogP contribution in [0.2, 0.25) is 0 Å². The molecule has 2 aromatic rings. The summed E-state index contributed by atoms with van der Waals surface area (Å²) in [7, 11) is 5.04. The van der Waals surface area contributed by atoms with Crippen molar-refractivity contribution in [1.29, 1.82) is 0 Å². The number of rotatable bonds is 5. The maximum absolute atomic E-state index is 12.9. The molecule has 0 aromatic heterocycles. The number of benzene rings is 2. The molecule has 0 radical (unpaired) electrons. The van der Waals surface area contributed by atoms with Gasteiger partial charge in [0.05, 0.1) is 19.1 Å². The summed E-state index contributed by atoms with van der Waals surface area (Å²) in [6, 6.07) is 14.3. The zero-order valence-electron chi connectivity index (χ0n) is 29.0. The Kier molecular flexibility index (Phi) is 16.2. The van der Waals surface area contributed by atoms with Gasteiger partial charge >= 0.3 is 5.97 Å². The van der Waals surface area contributed by atoms with Crippen molar-refractivity contribution in [2.45, 2.75) is 96.3 Å². The molecule has 0 spiro atoms. The predicted octanol–water partition coefficient (Wildman–Crippen LogP) is 5.82. The van der Waals surface area contributed by atoms with Crippen LogP contribution < -0.4 is 15.8 Å². The number of nitrogens with zero attached hydrogens (tertiary/aromatic N) is 2. The summed E-state index contributed by atoms with van der Waals surface area (Å²) < 4.78 is 11.1. The lowest BCUT2D eigenvalue weighted by Crippen LogP contribution is -2.33. The summed E-state index contributed by atoms with van der Waals surface area (Å²) in [5.41, 5.74) is 9.01. The Balaban J connectivity index is 1.44. The van der Waals surface area contributed by atoms with Gasteiger partial charge in [-0.3, -0.25) is 9.59 Å². The second-order valence-corrected chi connectivity index (χ2v) is 15.8. The molecule has 0 unspecified atom stereocenters. The standard InChI is InChI=1S/C37H54N4O6S2/c1-26(42)47-33-15-14-29-18-31(36(45)34(19-29)46-2)23-41-22-30(20-35(41)44)16-17-39-37(38)40-25-49-48-24-28(10-6-7-11-32(43)21-33)13-12-27-8-4-3-5-9-27/h3-5,8-9,18-19,28,30,32-33,43,45H,6-7,10-17,20-25H2,1-2H3,(H3,38,39,40)/t28-,30-,32+,33+/m1/s1. The SMILES string of the molecule is COc1cc2cc(c1O)CN1C[C@H](CCNC(N)=NCSSC[C@@H](CCc3ccccc3)CCCC[C@H](O)C[C@@H](OC(C)=O)CC2)CC1=O. The summed E-state index contributed by atoms with van der Waals surface area (Å²) in [5, 5.41) is 25.1. The number of methoxy groups -OCH3 is 1. The van der Waals surface area contributed by atoms with Crippen LogP contribution in [0, 0.1) is 11.8 Å². The average molecular weight is 715 g/mol. The number of aromatic hydroxyl groups is 1. The number of fused-ring (bicyclic) bond motifs is 4. The number of phenols is 1. The molecule has 270 valence electrons. The van der Waals surface area contributed by atoms with Gasteiger partial charge in [0, 0.05) is 50.7 Å². The first-order valence-electron chi connectivity index (χ1n) is 17.5. The van der Waals surface area contributed by atoms with Gasteiger partial charge in [-0.25, -0.2) is 4.99 Å². The second-order valence-electron chi connectivity index (χ2n) is 13.3. The van der Waals surface area contributed by atoms with Gasteiger partial charge in [0.25, 0.3) is 0 Å². The van der Waals surface area contributed by atoms with Gasteiger partial charge in [-0.05, 0) is 74.0 Å². The molecule has 4 rings (SSSR count). The van der Waals surface area contributed by atoms with E-state index in [1.54, 1.807) is 21.8 Å². The summed E-state index contributed by atoms with van der Waals surface area (Å²) in [6.45, 7) is 2.89. The van der Waals surface area contributed by atoms with E-state index in [0.29, 0.717) is 74.3 Å². The number of ether oxygens (including phenoxy) is 2. The molecule has 2 aliphatic heterocycles. The molecule has 49 heavy (non-hydrogen) atoms. The molecule has 0 aliphatic carbocycles. The predicted molar refractivity (Wildman–Crippen MR) is 199 cm³/mol. The Labute approximate surface area is 299 Å². The number of aryl methyl sites for hydroxylation is 2. The largest absolute Gasteiger partial charge is 0.504 e. The third kappa shape index (κ3) is 13.6. The lowest BCUT2D eigenvalue weighted by Gasteiger charge is -2.22. The Morgan fingerprint density at radius 3 is 2.69 bits per heavy atom. The second kappa shape index (κ2) is 20.6. The van der Waals surface area contributed by atoms with Crippen molar-refractivity contribution < 1.29 is 29.3 Å². The van der Waals surface area contributed by atoms with Crippen molar-refractivity contribution in [3.05, 3.63) is 59.2 Å². The Morgan fingerprint density at radius 1 is 1.12 bits per heavy atom. The van der Waals surface area contributed by atoms with E-state index >= 15 is 0 Å². The number of carbonyl (C=O) groups excluding carboxylic acids is 2. The zero-order chi connectivity index (χ0) is 35.0. The Bertz CT molecular complexity index is 1360. The highest BCUT2D eigenvalue weighted by molar-refractivity contribution is 8.76. The molecule has 1 fully saturated rings. The molecule has 10 nitrogen and oxygen atoms in total. The van der Waals surface area contributed by atoms with Crippen LogP contribution in [0.25, 0.3) is 0 Å². The van der Waals surface area contributed by atoms with Crippen LogP contribution in [-0.2, 0) is 33.7 Å². The number of hydrogen-bond acceptors (Lipinski definition) is 11. The highest BCUT2D eigenvalue weighted by Crippen LogP contribution is 2.35. The van der Waals surface area contributed by atoms with Crippen molar-refractivity contribution >= 4 is 39.4 Å². The maximum atomic E-state index is 12.9. The molecular formula is C37H54N4O6S2. The molecule has 2 aliphatic rings. The van der Waals surface area contributed by atoms with Gasteiger partial charge in [0.1, 0.15) is 6.10 Å². The average Bonchev–Trinajstić information content (AvgIpc) is 3.42. The van der Waals surface area contributed by atoms with Crippen LogP contribution in [0.4, 0.5) is 0 Å². The number of nitrogens with two attached hydrogens (primary N) is 1. The summed E-state index contributed by atoms with van der Waals surface area (Å²) in [5.74, 6) is 2.75.